The van der Waals surface area contributed by atoms with Crippen LogP contribution in [-0.2, 0) is 47.7 Å². The first-order valence-electron chi connectivity index (χ1n) is 27.4. The van der Waals surface area contributed by atoms with Crippen molar-refractivity contribution >= 4 is 104 Å². The van der Waals surface area contributed by atoms with E-state index in [2.05, 4.69) is 84.1 Å². The maximum absolute atomic E-state index is 12.6. The first-order valence-corrected chi connectivity index (χ1v) is 58.4. The summed E-state index contributed by atoms with van der Waals surface area (Å²) in [5.74, 6) is 2.91. The van der Waals surface area contributed by atoms with Crippen LogP contribution in [0.5, 0.6) is 0 Å². The van der Waals surface area contributed by atoms with Crippen LogP contribution < -0.4 is 0 Å². The van der Waals surface area contributed by atoms with Gasteiger partial charge in [-0.2, -0.15) is 0 Å². The zero-order chi connectivity index (χ0) is 53.1. The van der Waals surface area contributed by atoms with Gasteiger partial charge in [-0.1, -0.05) is 0 Å². The number of hydrogen-bond donors (Lipinski definition) is 0. The molecule has 0 aliphatic carbocycles. The van der Waals surface area contributed by atoms with Crippen LogP contribution >= 0.6 is 44.7 Å². The third-order valence-electron chi connectivity index (χ3n) is 12.5. The van der Waals surface area contributed by atoms with Crippen LogP contribution in [0, 0.1) is 29.6 Å². The predicted molar refractivity (Wildman–Crippen MR) is 313 cm³/mol. The molecule has 0 aromatic heterocycles. The molecule has 0 fully saturated rings. The van der Waals surface area contributed by atoms with Gasteiger partial charge in [-0.3, -0.25) is 0 Å². The molecule has 0 N–H and O–H groups in total. The summed E-state index contributed by atoms with van der Waals surface area (Å²) in [6, 6.07) is 0. The van der Waals surface area contributed by atoms with Crippen LogP contribution in [0.25, 0.3) is 0 Å². The molecule has 0 aliphatic heterocycles. The van der Waals surface area contributed by atoms with Crippen LogP contribution in [0.15, 0.2) is 0 Å². The van der Waals surface area contributed by atoms with Crippen molar-refractivity contribution in [1.29, 1.82) is 0 Å². The zero-order valence-corrected chi connectivity index (χ0v) is 56.5. The van der Waals surface area contributed by atoms with Crippen molar-refractivity contribution in [3.8, 4) is 0 Å². The molecular formula is C53H104O10S5Sn2. The molecule has 5 unspecified atom stereocenters. The monoisotopic (exact) mass is 1300 g/mol. The summed E-state index contributed by atoms with van der Waals surface area (Å²) in [5.41, 5.74) is 0. The second kappa shape index (κ2) is 48.1. The Morgan fingerprint density at radius 1 is 0.329 bits per heavy atom. The number of carbonyl (C=O) groups excluding carboxylic acids is 5. The summed E-state index contributed by atoms with van der Waals surface area (Å²) in [5, 5.41) is 0. The van der Waals surface area contributed by atoms with Crippen LogP contribution in [-0.4, -0.2) is 121 Å². The standard InChI is InChI=1S/5C10H20O2S.3CH3.2Sn/c5*1-3-5-6-9(4-2)7-12-10(11)8-13;;;;;/h5*9,13H,3-8H2,1-2H3;3*1H3;;/q;;;;;;;;+2;+3/p-5. The van der Waals surface area contributed by atoms with E-state index in [1.807, 2.05) is 0 Å². The van der Waals surface area contributed by atoms with Crippen LogP contribution in [0.3, 0.4) is 0 Å². The summed E-state index contributed by atoms with van der Waals surface area (Å²) >= 11 is -5.79. The number of unbranched alkanes of at least 4 members (excludes halogenated alkanes) is 5. The molecule has 414 valence electrons. The molecule has 0 heterocycles. The summed E-state index contributed by atoms with van der Waals surface area (Å²) in [6.45, 7) is 24.1. The second-order valence-electron chi connectivity index (χ2n) is 19.2. The topological polar surface area (TPSA) is 132 Å². The molecule has 0 radical (unpaired) electrons. The minimum absolute atomic E-state index is 0.111. The summed E-state index contributed by atoms with van der Waals surface area (Å²) in [6.07, 6.45) is 22.2. The van der Waals surface area contributed by atoms with Gasteiger partial charge in [-0.25, -0.2) is 0 Å². The molecule has 5 atom stereocenters. The van der Waals surface area contributed by atoms with Gasteiger partial charge in [-0.15, -0.1) is 0 Å². The van der Waals surface area contributed by atoms with Gasteiger partial charge in [0, 0.05) is 0 Å². The molecule has 17 heteroatoms. The summed E-state index contributed by atoms with van der Waals surface area (Å²) < 4.78 is 27.9. The van der Waals surface area contributed by atoms with E-state index in [0.717, 1.165) is 103 Å². The Bertz CT molecular complexity index is 1210. The molecule has 0 saturated carbocycles. The quantitative estimate of drug-likeness (QED) is 0.0325. The molecular weight excluding hydrogens is 1190 g/mol. The maximum atomic E-state index is 12.6. The minimum atomic E-state index is -3.24. The molecule has 70 heavy (non-hydrogen) atoms. The average molecular weight is 1300 g/mol. The molecule has 0 bridgehead atoms. The van der Waals surface area contributed by atoms with Crippen LogP contribution in [0.2, 0.25) is 14.8 Å². The fourth-order valence-corrected chi connectivity index (χ4v) is 46.6. The van der Waals surface area contributed by atoms with E-state index >= 15 is 0 Å². The van der Waals surface area contributed by atoms with Crippen molar-refractivity contribution in [3.63, 3.8) is 0 Å². The predicted octanol–water partition coefficient (Wildman–Crippen LogP) is 15.7. The average Bonchev–Trinajstić information content (AvgIpc) is 3.36. The van der Waals surface area contributed by atoms with Crippen molar-refractivity contribution < 1.29 is 47.7 Å². The third-order valence-corrected chi connectivity index (χ3v) is 67.9. The van der Waals surface area contributed by atoms with E-state index < -0.39 is 29.8 Å². The van der Waals surface area contributed by atoms with Crippen molar-refractivity contribution in [2.45, 2.75) is 212 Å². The fraction of sp³-hybridized carbons (Fsp3) is 0.906. The van der Waals surface area contributed by atoms with Gasteiger partial charge >= 0.3 is 456 Å². The van der Waals surface area contributed by atoms with E-state index in [1.54, 1.807) is 44.7 Å². The molecule has 0 rings (SSSR count). The van der Waals surface area contributed by atoms with E-state index in [1.165, 1.54) is 25.7 Å². The molecule has 0 amide bonds. The van der Waals surface area contributed by atoms with E-state index in [9.17, 15) is 24.0 Å². The Labute approximate surface area is 451 Å². The number of rotatable bonds is 45. The number of ether oxygens (including phenoxy) is 5. The third kappa shape index (κ3) is 42.9. The number of esters is 5. The van der Waals surface area contributed by atoms with Gasteiger partial charge < -0.3 is 0 Å². The normalized spacial score (nSPS) is 14.5. The molecule has 0 spiro atoms. The number of carbonyl (C=O) groups is 5. The van der Waals surface area contributed by atoms with E-state index in [-0.39, 0.29) is 47.1 Å². The van der Waals surface area contributed by atoms with Gasteiger partial charge in [0.25, 0.3) is 0 Å². The Morgan fingerprint density at radius 3 is 0.686 bits per heavy atom. The Kier molecular flexibility index (Phi) is 50.0. The second-order valence-corrected chi connectivity index (χ2v) is 84.4. The molecule has 0 aromatic rings. The van der Waals surface area contributed by atoms with Crippen LogP contribution in [0.4, 0.5) is 0 Å². The molecule has 0 saturated heterocycles. The van der Waals surface area contributed by atoms with Crippen LogP contribution in [0.1, 0.15) is 198 Å². The summed E-state index contributed by atoms with van der Waals surface area (Å²) in [4.78, 5) is 68.8. The van der Waals surface area contributed by atoms with Gasteiger partial charge in [0.2, 0.25) is 0 Å². The van der Waals surface area contributed by atoms with Crippen molar-refractivity contribution in [3.05, 3.63) is 0 Å². The molecule has 0 aliphatic rings. The first kappa shape index (κ1) is 72.8. The Balaban J connectivity index is 0. The Hall–Kier alpha value is 0.697. The van der Waals surface area contributed by atoms with Crippen molar-refractivity contribution in [2.75, 3.05) is 61.8 Å². The van der Waals surface area contributed by atoms with E-state index in [0.29, 0.717) is 74.1 Å². The van der Waals surface area contributed by atoms with E-state index in [4.69, 9.17) is 23.7 Å². The first-order chi connectivity index (χ1) is 33.4. The Morgan fingerprint density at radius 2 is 0.514 bits per heavy atom. The zero-order valence-electron chi connectivity index (χ0n) is 46.7. The summed E-state index contributed by atoms with van der Waals surface area (Å²) in [7, 11) is 8.33. The number of hydrogen-bond acceptors (Lipinski definition) is 15. The molecule has 0 aromatic carbocycles. The molecule has 10 nitrogen and oxygen atoms in total. The SMILES string of the molecule is CCCCC(CC)COC(=O)C[S][Sn]([CH3])([CH3])[S]CC(=O)OCC(CC)CCCC.CCCCC(CC)COC(=O)C[S][Sn]([CH3])([S]CC(=O)OCC(CC)CCCC)[S]CC(=O)OCC(CC)CCCC. The van der Waals surface area contributed by atoms with Crippen molar-refractivity contribution in [1.82, 2.24) is 0 Å². The fourth-order valence-electron chi connectivity index (χ4n) is 6.96. The van der Waals surface area contributed by atoms with Gasteiger partial charge in [0.15, 0.2) is 0 Å². The van der Waals surface area contributed by atoms with Gasteiger partial charge in [0.1, 0.15) is 0 Å². The van der Waals surface area contributed by atoms with Crippen molar-refractivity contribution in [2.24, 2.45) is 29.6 Å². The van der Waals surface area contributed by atoms with Gasteiger partial charge in [-0.05, 0) is 0 Å². The van der Waals surface area contributed by atoms with Gasteiger partial charge in [0.05, 0.1) is 0 Å².